The van der Waals surface area contributed by atoms with Gasteiger partial charge in [0.05, 0.1) is 6.04 Å². The van der Waals surface area contributed by atoms with Gasteiger partial charge in [0.1, 0.15) is 18.2 Å². The Morgan fingerprint density at radius 3 is 2.80 bits per heavy atom. The van der Waals surface area contributed by atoms with Crippen LogP contribution in [0.3, 0.4) is 0 Å². The Balaban J connectivity index is 1.64. The van der Waals surface area contributed by atoms with Gasteiger partial charge >= 0.3 is 0 Å². The molecule has 25 heavy (non-hydrogen) atoms. The predicted molar refractivity (Wildman–Crippen MR) is 97.0 cm³/mol. The van der Waals surface area contributed by atoms with Crippen molar-refractivity contribution in [2.75, 3.05) is 6.61 Å². The van der Waals surface area contributed by atoms with E-state index >= 15 is 0 Å². The van der Waals surface area contributed by atoms with Crippen molar-refractivity contribution in [1.82, 2.24) is 5.32 Å². The van der Waals surface area contributed by atoms with Gasteiger partial charge in [0.25, 0.3) is 0 Å². The summed E-state index contributed by atoms with van der Waals surface area (Å²) in [5, 5.41) is 3.48. The van der Waals surface area contributed by atoms with Crippen molar-refractivity contribution in [3.05, 3.63) is 82.2 Å². The first-order chi connectivity index (χ1) is 12.0. The van der Waals surface area contributed by atoms with Crippen LogP contribution in [0.4, 0.5) is 4.39 Å². The lowest BCUT2D eigenvalue weighted by Crippen LogP contribution is -2.24. The summed E-state index contributed by atoms with van der Waals surface area (Å²) in [5.41, 5.74) is 2.60. The van der Waals surface area contributed by atoms with Crippen molar-refractivity contribution in [3.63, 3.8) is 0 Å². The molecule has 128 valence electrons. The minimum Gasteiger partial charge on any atom is -0.488 e. The molecule has 0 aromatic heterocycles. The van der Waals surface area contributed by atoms with Crippen LogP contribution in [0.1, 0.15) is 24.1 Å². The summed E-state index contributed by atoms with van der Waals surface area (Å²) in [4.78, 5) is 12.1. The Bertz CT molecular complexity index is 843. The lowest BCUT2D eigenvalue weighted by atomic mass is 10.1. The molecular weight excluding hydrogens is 341 g/mol. The van der Waals surface area contributed by atoms with Crippen molar-refractivity contribution in [2.24, 2.45) is 0 Å². The van der Waals surface area contributed by atoms with Gasteiger partial charge in [-0.2, -0.15) is 0 Å². The van der Waals surface area contributed by atoms with Crippen LogP contribution in [0.15, 0.2) is 60.2 Å². The molecule has 5 heteroatoms. The van der Waals surface area contributed by atoms with Gasteiger partial charge in [-0.15, -0.1) is 0 Å². The number of carbonyl (C=O) groups is 1. The van der Waals surface area contributed by atoms with Gasteiger partial charge in [-0.05, 0) is 54.5 Å². The van der Waals surface area contributed by atoms with Gasteiger partial charge in [0.2, 0.25) is 5.91 Å². The van der Waals surface area contributed by atoms with Crippen LogP contribution in [0.2, 0.25) is 5.02 Å². The van der Waals surface area contributed by atoms with E-state index in [1.165, 1.54) is 18.2 Å². The third-order valence-electron chi connectivity index (χ3n) is 3.88. The first-order valence-corrected chi connectivity index (χ1v) is 8.26. The Hall–Kier alpha value is -2.59. The topological polar surface area (TPSA) is 38.3 Å². The van der Waals surface area contributed by atoms with Crippen LogP contribution in [-0.2, 0) is 4.79 Å². The average Bonchev–Trinajstić information content (AvgIpc) is 2.60. The third kappa shape index (κ3) is 4.48. The maximum atomic E-state index is 12.9. The standard InChI is InChI=1S/C20H17ClFNO2/c1-13(15-3-6-18(22)7-4-15)23-20(24)9-2-14-10-16-11-17(21)5-8-19(16)25-12-14/h2-11,13H,12H2,1H3,(H,23,24)/b9-2+. The molecule has 1 aliphatic rings. The molecule has 0 saturated carbocycles. The number of hydrogen-bond donors (Lipinski definition) is 1. The smallest absolute Gasteiger partial charge is 0.244 e. The summed E-state index contributed by atoms with van der Waals surface area (Å²) < 4.78 is 18.6. The summed E-state index contributed by atoms with van der Waals surface area (Å²) in [6, 6.07) is 11.3. The maximum absolute atomic E-state index is 12.9. The fraction of sp³-hybridized carbons (Fsp3) is 0.150. The molecule has 1 N–H and O–H groups in total. The van der Waals surface area contributed by atoms with Crippen LogP contribution >= 0.6 is 11.6 Å². The van der Waals surface area contributed by atoms with Crippen molar-refractivity contribution in [1.29, 1.82) is 0 Å². The largest absolute Gasteiger partial charge is 0.488 e. The Labute approximate surface area is 150 Å². The first-order valence-electron chi connectivity index (χ1n) is 7.88. The van der Waals surface area contributed by atoms with E-state index in [0.29, 0.717) is 11.6 Å². The highest BCUT2D eigenvalue weighted by Crippen LogP contribution is 2.29. The van der Waals surface area contributed by atoms with Crippen LogP contribution < -0.4 is 10.1 Å². The normalized spacial score (nSPS) is 14.4. The molecule has 0 aliphatic carbocycles. The molecule has 1 atom stereocenters. The number of benzene rings is 2. The van der Waals surface area contributed by atoms with E-state index < -0.39 is 0 Å². The number of nitrogens with one attached hydrogen (secondary N) is 1. The van der Waals surface area contributed by atoms with E-state index in [-0.39, 0.29) is 17.8 Å². The number of carbonyl (C=O) groups excluding carboxylic acids is 1. The third-order valence-corrected chi connectivity index (χ3v) is 4.12. The molecule has 2 aromatic carbocycles. The van der Waals surface area contributed by atoms with Crippen LogP contribution in [0.5, 0.6) is 5.75 Å². The molecule has 1 heterocycles. The van der Waals surface area contributed by atoms with E-state index in [1.54, 1.807) is 24.3 Å². The second-order valence-corrected chi connectivity index (χ2v) is 6.24. The molecule has 3 nitrogen and oxygen atoms in total. The summed E-state index contributed by atoms with van der Waals surface area (Å²) in [6.07, 6.45) is 5.12. The highest BCUT2D eigenvalue weighted by atomic mass is 35.5. The molecule has 2 aromatic rings. The highest BCUT2D eigenvalue weighted by molar-refractivity contribution is 6.30. The second kappa shape index (κ2) is 7.53. The first kappa shape index (κ1) is 17.2. The minimum atomic E-state index is -0.299. The zero-order chi connectivity index (χ0) is 17.8. The van der Waals surface area contributed by atoms with Gasteiger partial charge in [0.15, 0.2) is 0 Å². The quantitative estimate of drug-likeness (QED) is 0.806. The number of amides is 1. The monoisotopic (exact) mass is 357 g/mol. The highest BCUT2D eigenvalue weighted by Gasteiger charge is 2.11. The summed E-state index contributed by atoms with van der Waals surface area (Å²) >= 11 is 5.99. The van der Waals surface area contributed by atoms with Crippen LogP contribution in [0.25, 0.3) is 6.08 Å². The van der Waals surface area contributed by atoms with E-state index in [9.17, 15) is 9.18 Å². The van der Waals surface area contributed by atoms with Crippen LogP contribution in [0, 0.1) is 5.82 Å². The predicted octanol–water partition coefficient (Wildman–Crippen LogP) is 4.69. The fourth-order valence-electron chi connectivity index (χ4n) is 2.54. The van der Waals surface area contributed by atoms with Crippen LogP contribution in [-0.4, -0.2) is 12.5 Å². The van der Waals surface area contributed by atoms with Crippen molar-refractivity contribution < 1.29 is 13.9 Å². The molecule has 0 radical (unpaired) electrons. The molecular formula is C20H17ClFNO2. The van der Waals surface area contributed by atoms with Gasteiger partial charge in [-0.25, -0.2) is 4.39 Å². The molecule has 1 aliphatic heterocycles. The molecule has 1 unspecified atom stereocenters. The molecule has 0 spiro atoms. The summed E-state index contributed by atoms with van der Waals surface area (Å²) in [7, 11) is 0. The molecule has 3 rings (SSSR count). The van der Waals surface area contributed by atoms with E-state index in [1.807, 2.05) is 25.1 Å². The Morgan fingerprint density at radius 1 is 1.28 bits per heavy atom. The van der Waals surface area contributed by atoms with E-state index in [4.69, 9.17) is 16.3 Å². The Kier molecular flexibility index (Phi) is 5.19. The molecule has 0 bridgehead atoms. The number of fused-ring (bicyclic) bond motifs is 1. The number of hydrogen-bond acceptors (Lipinski definition) is 2. The van der Waals surface area contributed by atoms with E-state index in [2.05, 4.69) is 5.32 Å². The van der Waals surface area contributed by atoms with E-state index in [0.717, 1.165) is 22.4 Å². The second-order valence-electron chi connectivity index (χ2n) is 5.81. The summed E-state index contributed by atoms with van der Waals surface area (Å²) in [6.45, 7) is 2.24. The fourth-order valence-corrected chi connectivity index (χ4v) is 2.72. The Morgan fingerprint density at radius 2 is 2.04 bits per heavy atom. The minimum absolute atomic E-state index is 0.214. The van der Waals surface area contributed by atoms with Gasteiger partial charge in [0, 0.05) is 16.7 Å². The van der Waals surface area contributed by atoms with Crippen molar-refractivity contribution in [2.45, 2.75) is 13.0 Å². The average molecular weight is 358 g/mol. The van der Waals surface area contributed by atoms with Gasteiger partial charge in [-0.3, -0.25) is 4.79 Å². The zero-order valence-corrected chi connectivity index (χ0v) is 14.4. The SMILES string of the molecule is CC(NC(=O)/C=C/C1=Cc2cc(Cl)ccc2OC1)c1ccc(F)cc1. The molecule has 0 saturated heterocycles. The molecule has 0 fully saturated rings. The lowest BCUT2D eigenvalue weighted by molar-refractivity contribution is -0.117. The number of halogens is 2. The lowest BCUT2D eigenvalue weighted by Gasteiger charge is -2.16. The zero-order valence-electron chi connectivity index (χ0n) is 13.6. The van der Waals surface area contributed by atoms with Gasteiger partial charge in [-0.1, -0.05) is 29.8 Å². The summed E-state index contributed by atoms with van der Waals surface area (Å²) in [5.74, 6) is 0.248. The maximum Gasteiger partial charge on any atom is 0.244 e. The number of ether oxygens (including phenoxy) is 1. The molecule has 1 amide bonds. The van der Waals surface area contributed by atoms with Gasteiger partial charge < -0.3 is 10.1 Å². The number of rotatable bonds is 4. The van der Waals surface area contributed by atoms with Crippen molar-refractivity contribution >= 4 is 23.6 Å². The van der Waals surface area contributed by atoms with Crippen molar-refractivity contribution in [3.8, 4) is 5.75 Å².